The Bertz CT molecular complexity index is 780. The number of amides is 1. The summed E-state index contributed by atoms with van der Waals surface area (Å²) in [5, 5.41) is 12.6. The maximum Gasteiger partial charge on any atom is 0.307 e. The Morgan fingerprint density at radius 3 is 2.44 bits per heavy atom. The molecule has 2 bridgehead atoms. The highest BCUT2D eigenvalue weighted by molar-refractivity contribution is 5.97. The molecule has 25 heavy (non-hydrogen) atoms. The number of hydrogen-bond acceptors (Lipinski definition) is 4. The molecule has 1 aromatic rings. The quantitative estimate of drug-likeness (QED) is 0.824. The van der Waals surface area contributed by atoms with Crippen LogP contribution >= 0.6 is 0 Å². The molecular formula is C19H21NO5. The first-order valence-electron chi connectivity index (χ1n) is 8.58. The maximum atomic E-state index is 12.9. The van der Waals surface area contributed by atoms with Gasteiger partial charge < -0.3 is 19.9 Å². The van der Waals surface area contributed by atoms with Crippen molar-refractivity contribution in [1.82, 2.24) is 0 Å². The third-order valence-corrected chi connectivity index (χ3v) is 5.65. The van der Waals surface area contributed by atoms with Gasteiger partial charge in [0, 0.05) is 11.8 Å². The normalized spacial score (nSPS) is 29.0. The molecular weight excluding hydrogens is 322 g/mol. The molecule has 1 heterocycles. The fourth-order valence-corrected chi connectivity index (χ4v) is 4.80. The first kappa shape index (κ1) is 16.0. The summed E-state index contributed by atoms with van der Waals surface area (Å²) in [7, 11) is 0. The lowest BCUT2D eigenvalue weighted by atomic mass is 9.78. The van der Waals surface area contributed by atoms with Gasteiger partial charge in [0.05, 0.1) is 11.8 Å². The molecule has 0 aromatic heterocycles. The molecule has 2 aliphatic carbocycles. The number of rotatable bonds is 3. The second-order valence-corrected chi connectivity index (χ2v) is 7.19. The van der Waals surface area contributed by atoms with Crippen molar-refractivity contribution in [1.29, 1.82) is 0 Å². The molecule has 4 atom stereocenters. The second-order valence-electron chi connectivity index (χ2n) is 7.19. The summed E-state index contributed by atoms with van der Waals surface area (Å²) < 4.78 is 10.6. The third kappa shape index (κ3) is 2.47. The number of carboxylic acids is 1. The number of ether oxygens (including phenoxy) is 2. The lowest BCUT2D eigenvalue weighted by molar-refractivity contribution is -0.148. The number of carbonyl (C=O) groups is 2. The van der Waals surface area contributed by atoms with Gasteiger partial charge in [-0.15, -0.1) is 0 Å². The molecule has 2 saturated carbocycles. The van der Waals surface area contributed by atoms with Gasteiger partial charge >= 0.3 is 5.97 Å². The summed E-state index contributed by atoms with van der Waals surface area (Å²) in [4.78, 5) is 24.8. The van der Waals surface area contributed by atoms with Crippen LogP contribution in [0.15, 0.2) is 29.3 Å². The molecule has 132 valence electrons. The van der Waals surface area contributed by atoms with E-state index in [9.17, 15) is 14.7 Å². The number of nitrogens with one attached hydrogen (secondary N) is 1. The Balaban J connectivity index is 1.60. The third-order valence-electron chi connectivity index (χ3n) is 5.65. The number of carboxylic acid groups (broad SMARTS) is 1. The van der Waals surface area contributed by atoms with E-state index in [2.05, 4.69) is 5.32 Å². The molecule has 3 aliphatic rings. The Kier molecular flexibility index (Phi) is 3.71. The van der Waals surface area contributed by atoms with E-state index in [1.807, 2.05) is 13.8 Å². The smallest absolute Gasteiger partial charge is 0.307 e. The van der Waals surface area contributed by atoms with Crippen molar-refractivity contribution in [2.45, 2.75) is 26.7 Å². The highest BCUT2D eigenvalue weighted by atomic mass is 16.7. The molecule has 1 aromatic carbocycles. The van der Waals surface area contributed by atoms with Crippen LogP contribution in [0.25, 0.3) is 0 Å². The van der Waals surface area contributed by atoms with E-state index in [0.717, 1.165) is 18.4 Å². The van der Waals surface area contributed by atoms with E-state index in [1.165, 1.54) is 5.57 Å². The summed E-state index contributed by atoms with van der Waals surface area (Å²) in [6.07, 6.45) is 1.74. The van der Waals surface area contributed by atoms with Crippen molar-refractivity contribution in [3.8, 4) is 11.5 Å². The van der Waals surface area contributed by atoms with Crippen LogP contribution in [0, 0.1) is 23.7 Å². The van der Waals surface area contributed by atoms with Crippen LogP contribution in [0.5, 0.6) is 11.5 Å². The van der Waals surface area contributed by atoms with Crippen molar-refractivity contribution < 1.29 is 24.2 Å². The van der Waals surface area contributed by atoms with E-state index in [0.29, 0.717) is 17.2 Å². The summed E-state index contributed by atoms with van der Waals surface area (Å²) in [5.74, 6) is -1.01. The first-order chi connectivity index (χ1) is 12.0. The fourth-order valence-electron chi connectivity index (χ4n) is 4.80. The summed E-state index contributed by atoms with van der Waals surface area (Å²) in [6, 6.07) is 5.20. The molecule has 2 fully saturated rings. The minimum absolute atomic E-state index is 0.0139. The van der Waals surface area contributed by atoms with Crippen LogP contribution in [-0.4, -0.2) is 23.8 Å². The van der Waals surface area contributed by atoms with Gasteiger partial charge in [0.15, 0.2) is 11.5 Å². The summed E-state index contributed by atoms with van der Waals surface area (Å²) in [5.41, 5.74) is 2.93. The highest BCUT2D eigenvalue weighted by Crippen LogP contribution is 2.57. The zero-order valence-corrected chi connectivity index (χ0v) is 14.2. The largest absolute Gasteiger partial charge is 0.481 e. The van der Waals surface area contributed by atoms with Gasteiger partial charge in [-0.05, 0) is 50.7 Å². The number of aliphatic carboxylic acids is 1. The first-order valence-corrected chi connectivity index (χ1v) is 8.58. The van der Waals surface area contributed by atoms with Gasteiger partial charge in [-0.3, -0.25) is 9.59 Å². The van der Waals surface area contributed by atoms with Crippen LogP contribution in [0.2, 0.25) is 0 Å². The molecule has 6 nitrogen and oxygen atoms in total. The van der Waals surface area contributed by atoms with Crippen LogP contribution < -0.4 is 14.8 Å². The molecule has 2 N–H and O–H groups in total. The van der Waals surface area contributed by atoms with Gasteiger partial charge in [-0.1, -0.05) is 11.1 Å². The van der Waals surface area contributed by atoms with Crippen molar-refractivity contribution in [3.05, 3.63) is 29.3 Å². The number of allylic oxidation sites excluding steroid dienone is 2. The minimum atomic E-state index is -0.878. The Labute approximate surface area is 145 Å². The number of anilines is 1. The van der Waals surface area contributed by atoms with E-state index in [1.54, 1.807) is 18.2 Å². The van der Waals surface area contributed by atoms with E-state index >= 15 is 0 Å². The molecule has 1 aliphatic heterocycles. The van der Waals surface area contributed by atoms with Crippen LogP contribution in [0.4, 0.5) is 5.69 Å². The standard InChI is InChI=1S/C19H21NO5/c1-9(2)15-11-4-5-12(15)17(19(22)23)16(11)18(21)20-10-3-6-13-14(7-10)25-8-24-13/h3,6-7,11-12,16-17H,4-5,8H2,1-2H3,(H,20,21)(H,22,23)/t11-,12-,16+,17-/m0/s1. The number of hydrogen-bond donors (Lipinski definition) is 2. The van der Waals surface area contributed by atoms with Crippen LogP contribution in [0.1, 0.15) is 26.7 Å². The minimum Gasteiger partial charge on any atom is -0.481 e. The van der Waals surface area contributed by atoms with Crippen LogP contribution in [-0.2, 0) is 9.59 Å². The molecule has 0 spiro atoms. The lowest BCUT2D eigenvalue weighted by Crippen LogP contribution is -2.37. The molecule has 4 rings (SSSR count). The van der Waals surface area contributed by atoms with Crippen molar-refractivity contribution in [2.24, 2.45) is 23.7 Å². The van der Waals surface area contributed by atoms with Gasteiger partial charge in [-0.2, -0.15) is 0 Å². The fraction of sp³-hybridized carbons (Fsp3) is 0.474. The van der Waals surface area contributed by atoms with Gasteiger partial charge in [0.2, 0.25) is 12.7 Å². The topological polar surface area (TPSA) is 84.9 Å². The predicted molar refractivity (Wildman–Crippen MR) is 90.4 cm³/mol. The molecule has 0 saturated heterocycles. The lowest BCUT2D eigenvalue weighted by Gasteiger charge is -2.26. The Morgan fingerprint density at radius 2 is 1.76 bits per heavy atom. The van der Waals surface area contributed by atoms with Gasteiger partial charge in [-0.25, -0.2) is 0 Å². The zero-order chi connectivity index (χ0) is 17.7. The molecule has 0 unspecified atom stereocenters. The average molecular weight is 343 g/mol. The number of carbonyl (C=O) groups excluding carboxylic acids is 1. The Morgan fingerprint density at radius 1 is 1.08 bits per heavy atom. The predicted octanol–water partition coefficient (Wildman–Crippen LogP) is 3.05. The van der Waals surface area contributed by atoms with Crippen molar-refractivity contribution in [3.63, 3.8) is 0 Å². The SMILES string of the molecule is CC(C)=C1[C@@H]2CC[C@@H]1[C@@H](C(=O)Nc1ccc3c(c1)OCO3)[C@H]2C(=O)O. The molecule has 0 radical (unpaired) electrons. The second kappa shape index (κ2) is 5.79. The van der Waals surface area contributed by atoms with Crippen molar-refractivity contribution >= 4 is 17.6 Å². The Hall–Kier alpha value is -2.50. The zero-order valence-electron chi connectivity index (χ0n) is 14.2. The highest BCUT2D eigenvalue weighted by Gasteiger charge is 2.57. The van der Waals surface area contributed by atoms with E-state index in [4.69, 9.17) is 9.47 Å². The molecule has 6 heteroatoms. The van der Waals surface area contributed by atoms with E-state index < -0.39 is 17.8 Å². The summed E-state index contributed by atoms with van der Waals surface area (Å²) in [6.45, 7) is 4.19. The van der Waals surface area contributed by atoms with Crippen molar-refractivity contribution in [2.75, 3.05) is 12.1 Å². The van der Waals surface area contributed by atoms with Gasteiger partial charge in [0.1, 0.15) is 0 Å². The average Bonchev–Trinajstić information content (AvgIpc) is 3.26. The van der Waals surface area contributed by atoms with E-state index in [-0.39, 0.29) is 24.5 Å². The number of fused-ring (bicyclic) bond motifs is 3. The van der Waals surface area contributed by atoms with Crippen LogP contribution in [0.3, 0.4) is 0 Å². The van der Waals surface area contributed by atoms with Gasteiger partial charge in [0.25, 0.3) is 0 Å². The maximum absolute atomic E-state index is 12.9. The number of benzene rings is 1. The summed E-state index contributed by atoms with van der Waals surface area (Å²) >= 11 is 0. The monoisotopic (exact) mass is 343 g/mol. The molecule has 1 amide bonds.